The first-order chi connectivity index (χ1) is 13.0. The van der Waals surface area contributed by atoms with E-state index in [1.54, 1.807) is 6.92 Å². The Morgan fingerprint density at radius 3 is 2.41 bits per heavy atom. The van der Waals surface area contributed by atoms with Gasteiger partial charge in [-0.15, -0.1) is 0 Å². The van der Waals surface area contributed by atoms with E-state index in [-0.39, 0.29) is 22.2 Å². The lowest BCUT2D eigenvalue weighted by Gasteiger charge is -2.21. The number of halogens is 3. The molecule has 0 N–H and O–H groups in total. The Morgan fingerprint density at radius 1 is 0.963 bits per heavy atom. The third-order valence-corrected chi connectivity index (χ3v) is 5.13. The van der Waals surface area contributed by atoms with Crippen LogP contribution in [0, 0.1) is 25.5 Å². The molecule has 3 aromatic rings. The smallest absolute Gasteiger partial charge is 0.182 e. The number of aromatic nitrogens is 4. The van der Waals surface area contributed by atoms with Gasteiger partial charge in [-0.25, -0.2) is 28.7 Å². The summed E-state index contributed by atoms with van der Waals surface area (Å²) in [5.41, 5.74) is 2.35. The average molecular weight is 391 g/mol. The quantitative estimate of drug-likeness (QED) is 0.602. The Kier molecular flexibility index (Phi) is 4.74. The largest absolute Gasteiger partial charge is 0.381 e. The maximum absolute atomic E-state index is 14.6. The number of nitrogens with zero attached hydrogens (tertiary/aromatic N) is 4. The monoisotopic (exact) mass is 390 g/mol. The molecule has 1 aliphatic rings. The van der Waals surface area contributed by atoms with Crippen LogP contribution in [-0.2, 0) is 4.74 Å². The number of hydrogen-bond acceptors (Lipinski definition) is 5. The molecule has 0 aliphatic carbocycles. The van der Waals surface area contributed by atoms with Crippen molar-refractivity contribution in [2.24, 2.45) is 0 Å². The molecule has 1 aliphatic heterocycles. The summed E-state index contributed by atoms with van der Waals surface area (Å²) in [6.45, 7) is 4.87. The summed E-state index contributed by atoms with van der Waals surface area (Å²) in [6.07, 6.45) is 1.53. The minimum Gasteiger partial charge on any atom is -0.381 e. The lowest BCUT2D eigenvalue weighted by Crippen LogP contribution is -2.17. The highest BCUT2D eigenvalue weighted by molar-refractivity contribution is 6.30. The number of benzene rings is 1. The van der Waals surface area contributed by atoms with E-state index in [2.05, 4.69) is 19.9 Å². The van der Waals surface area contributed by atoms with Gasteiger partial charge in [0.1, 0.15) is 17.0 Å². The lowest BCUT2D eigenvalue weighted by atomic mass is 9.99. The minimum absolute atomic E-state index is 0.00448. The number of aryl methyl sites for hydroxylation is 2. The van der Waals surface area contributed by atoms with E-state index in [0.717, 1.165) is 18.5 Å². The fraction of sp³-hybridized carbons (Fsp3) is 0.368. The highest BCUT2D eigenvalue weighted by Crippen LogP contribution is 2.33. The van der Waals surface area contributed by atoms with Crippen molar-refractivity contribution in [3.05, 3.63) is 46.0 Å². The van der Waals surface area contributed by atoms with Gasteiger partial charge in [0.2, 0.25) is 0 Å². The molecule has 8 heteroatoms. The van der Waals surface area contributed by atoms with Gasteiger partial charge in [0, 0.05) is 24.7 Å². The molecule has 5 nitrogen and oxygen atoms in total. The molecule has 4 rings (SSSR count). The normalized spacial score (nSPS) is 15.4. The molecule has 0 bridgehead atoms. The number of hydrogen-bond donors (Lipinski definition) is 0. The van der Waals surface area contributed by atoms with Gasteiger partial charge in [-0.1, -0.05) is 11.6 Å². The molecule has 3 heterocycles. The fourth-order valence-electron chi connectivity index (χ4n) is 3.16. The molecule has 140 valence electrons. The van der Waals surface area contributed by atoms with Crippen LogP contribution >= 0.6 is 11.6 Å². The molecule has 2 aromatic heterocycles. The molecular formula is C19H17ClF2N4O. The third kappa shape index (κ3) is 3.26. The topological polar surface area (TPSA) is 60.8 Å². The molecule has 0 spiro atoms. The van der Waals surface area contributed by atoms with Crippen molar-refractivity contribution in [2.45, 2.75) is 32.6 Å². The summed E-state index contributed by atoms with van der Waals surface area (Å²) in [6, 6.07) is 2.72. The van der Waals surface area contributed by atoms with E-state index >= 15 is 0 Å². The van der Waals surface area contributed by atoms with Crippen LogP contribution < -0.4 is 0 Å². The van der Waals surface area contributed by atoms with E-state index in [4.69, 9.17) is 16.3 Å². The highest BCUT2D eigenvalue weighted by Gasteiger charge is 2.24. The molecular weight excluding hydrogens is 374 g/mol. The third-order valence-electron chi connectivity index (χ3n) is 4.84. The molecule has 0 amide bonds. The second-order valence-electron chi connectivity index (χ2n) is 6.61. The lowest BCUT2D eigenvalue weighted by molar-refractivity contribution is 0.0836. The molecule has 0 radical (unpaired) electrons. The Bertz CT molecular complexity index is 1040. The van der Waals surface area contributed by atoms with Crippen LogP contribution in [0.5, 0.6) is 0 Å². The van der Waals surface area contributed by atoms with Gasteiger partial charge in [0.25, 0.3) is 0 Å². The second kappa shape index (κ2) is 7.05. The van der Waals surface area contributed by atoms with Crippen LogP contribution in [0.2, 0.25) is 5.02 Å². The van der Waals surface area contributed by atoms with E-state index in [1.807, 2.05) is 6.92 Å². The Labute approximate surface area is 159 Å². The summed E-state index contributed by atoms with van der Waals surface area (Å²) >= 11 is 5.70. The summed E-state index contributed by atoms with van der Waals surface area (Å²) in [5.74, 6) is -1.54. The molecule has 0 unspecified atom stereocenters. The van der Waals surface area contributed by atoms with Gasteiger partial charge >= 0.3 is 0 Å². The maximum Gasteiger partial charge on any atom is 0.182 e. The maximum atomic E-state index is 14.6. The second-order valence-corrected chi connectivity index (χ2v) is 7.01. The highest BCUT2D eigenvalue weighted by atomic mass is 35.5. The number of rotatable bonds is 2. The first-order valence-electron chi connectivity index (χ1n) is 8.70. The number of fused-ring (bicyclic) bond motifs is 1. The van der Waals surface area contributed by atoms with Crippen LogP contribution in [0.4, 0.5) is 8.78 Å². The van der Waals surface area contributed by atoms with E-state index in [1.165, 1.54) is 12.1 Å². The predicted octanol–water partition coefficient (Wildman–Crippen LogP) is 4.53. The van der Waals surface area contributed by atoms with Crippen LogP contribution in [0.15, 0.2) is 12.1 Å². The van der Waals surface area contributed by atoms with Crippen LogP contribution in [0.1, 0.15) is 36.0 Å². The molecule has 0 saturated carbocycles. The van der Waals surface area contributed by atoms with Gasteiger partial charge < -0.3 is 4.74 Å². The molecule has 1 saturated heterocycles. The number of ether oxygens (including phenoxy) is 1. The zero-order chi connectivity index (χ0) is 19.1. The van der Waals surface area contributed by atoms with Crippen molar-refractivity contribution in [3.63, 3.8) is 0 Å². The van der Waals surface area contributed by atoms with Crippen molar-refractivity contribution in [3.8, 4) is 11.3 Å². The van der Waals surface area contributed by atoms with Gasteiger partial charge in [-0.2, -0.15) is 0 Å². The van der Waals surface area contributed by atoms with Gasteiger partial charge in [0.05, 0.1) is 16.4 Å². The van der Waals surface area contributed by atoms with Crippen molar-refractivity contribution in [1.29, 1.82) is 0 Å². The van der Waals surface area contributed by atoms with Crippen LogP contribution in [0.25, 0.3) is 22.4 Å². The fourth-order valence-corrected chi connectivity index (χ4v) is 3.31. The minimum atomic E-state index is -1.11. The molecule has 0 atom stereocenters. The van der Waals surface area contributed by atoms with E-state index in [9.17, 15) is 8.78 Å². The zero-order valence-electron chi connectivity index (χ0n) is 14.9. The van der Waals surface area contributed by atoms with E-state index in [0.29, 0.717) is 35.9 Å². The molecule has 1 fully saturated rings. The Balaban J connectivity index is 1.99. The molecule has 1 aromatic carbocycles. The summed E-state index contributed by atoms with van der Waals surface area (Å²) in [4.78, 5) is 18.1. The zero-order valence-corrected chi connectivity index (χ0v) is 15.6. The molecule has 27 heavy (non-hydrogen) atoms. The van der Waals surface area contributed by atoms with Crippen molar-refractivity contribution in [1.82, 2.24) is 19.9 Å². The van der Waals surface area contributed by atoms with Crippen LogP contribution in [0.3, 0.4) is 0 Å². The average Bonchev–Trinajstić information content (AvgIpc) is 2.67. The SMILES string of the molecule is Cc1nc2nc(C3CCOCC3)nc(-c3ccc(Cl)c(F)c3F)c2nc1C. The van der Waals surface area contributed by atoms with Gasteiger partial charge in [-0.05, 0) is 38.8 Å². The standard InChI is InChI=1S/C19H17ClF2N4O/c1-9-10(2)24-19-17(23-9)16(12-3-4-13(20)15(22)14(12)21)25-18(26-19)11-5-7-27-8-6-11/h3-4,11H,5-8H2,1-2H3. The summed E-state index contributed by atoms with van der Waals surface area (Å²) < 4.78 is 34.1. The van der Waals surface area contributed by atoms with Gasteiger partial charge in [-0.3, -0.25) is 0 Å². The van der Waals surface area contributed by atoms with Gasteiger partial charge in [0.15, 0.2) is 17.3 Å². The van der Waals surface area contributed by atoms with Crippen molar-refractivity contribution < 1.29 is 13.5 Å². The Morgan fingerprint density at radius 2 is 1.67 bits per heavy atom. The van der Waals surface area contributed by atoms with Crippen molar-refractivity contribution >= 4 is 22.8 Å². The summed E-state index contributed by atoms with van der Waals surface area (Å²) in [5, 5.41) is -0.280. The summed E-state index contributed by atoms with van der Waals surface area (Å²) in [7, 11) is 0. The first-order valence-corrected chi connectivity index (χ1v) is 9.08. The van der Waals surface area contributed by atoms with Crippen molar-refractivity contribution in [2.75, 3.05) is 13.2 Å². The van der Waals surface area contributed by atoms with E-state index < -0.39 is 11.6 Å². The first kappa shape index (κ1) is 18.1. The predicted molar refractivity (Wildman–Crippen MR) is 97.8 cm³/mol. The van der Waals surface area contributed by atoms with Crippen LogP contribution in [-0.4, -0.2) is 33.1 Å². The Hall–Kier alpha value is -2.25.